The Kier molecular flexibility index (Phi) is 5.41. The van der Waals surface area contributed by atoms with Gasteiger partial charge < -0.3 is 15.8 Å². The number of hydrogen-bond acceptors (Lipinski definition) is 4. The van der Waals surface area contributed by atoms with E-state index in [0.29, 0.717) is 18.5 Å². The van der Waals surface area contributed by atoms with Crippen LogP contribution in [0.3, 0.4) is 0 Å². The van der Waals surface area contributed by atoms with Crippen LogP contribution in [0.5, 0.6) is 0 Å². The lowest BCUT2D eigenvalue weighted by Crippen LogP contribution is -2.46. The molecular formula is C13H25N3O2. The van der Waals surface area contributed by atoms with E-state index in [-0.39, 0.29) is 5.91 Å². The van der Waals surface area contributed by atoms with Crippen LogP contribution in [-0.2, 0) is 9.53 Å². The summed E-state index contributed by atoms with van der Waals surface area (Å²) < 4.78 is 5.48. The first kappa shape index (κ1) is 13.8. The summed E-state index contributed by atoms with van der Waals surface area (Å²) in [5.41, 5.74) is 5.20. The molecule has 3 N–H and O–H groups in total. The molecule has 0 aromatic rings. The van der Waals surface area contributed by atoms with E-state index in [4.69, 9.17) is 10.5 Å². The summed E-state index contributed by atoms with van der Waals surface area (Å²) >= 11 is 0. The predicted octanol–water partition coefficient (Wildman–Crippen LogP) is -0.0477. The highest BCUT2D eigenvalue weighted by Gasteiger charge is 2.21. The first-order chi connectivity index (χ1) is 8.74. The van der Waals surface area contributed by atoms with Crippen LogP contribution in [0.1, 0.15) is 25.7 Å². The van der Waals surface area contributed by atoms with Crippen molar-refractivity contribution in [1.29, 1.82) is 0 Å². The fourth-order valence-corrected chi connectivity index (χ4v) is 2.82. The van der Waals surface area contributed by atoms with Crippen LogP contribution in [-0.4, -0.2) is 56.2 Å². The molecule has 0 spiro atoms. The molecule has 2 heterocycles. The molecule has 5 heteroatoms. The van der Waals surface area contributed by atoms with Crippen LogP contribution in [0.2, 0.25) is 0 Å². The number of likely N-dealkylation sites (tertiary alicyclic amines) is 1. The maximum absolute atomic E-state index is 10.8. The molecule has 2 aliphatic rings. The van der Waals surface area contributed by atoms with Gasteiger partial charge in [-0.1, -0.05) is 0 Å². The van der Waals surface area contributed by atoms with Gasteiger partial charge in [-0.05, 0) is 31.6 Å². The summed E-state index contributed by atoms with van der Waals surface area (Å²) in [6, 6.07) is 0.594. The molecule has 0 aromatic carbocycles. The summed E-state index contributed by atoms with van der Waals surface area (Å²) in [5, 5.41) is 3.64. The van der Waals surface area contributed by atoms with E-state index in [1.807, 2.05) is 0 Å². The van der Waals surface area contributed by atoms with Gasteiger partial charge in [0.15, 0.2) is 0 Å². The third-order valence-electron chi connectivity index (χ3n) is 3.92. The summed E-state index contributed by atoms with van der Waals surface area (Å²) in [4.78, 5) is 13.0. The molecule has 2 saturated heterocycles. The van der Waals surface area contributed by atoms with E-state index in [2.05, 4.69) is 10.2 Å². The van der Waals surface area contributed by atoms with E-state index >= 15 is 0 Å². The molecule has 0 radical (unpaired) electrons. The highest BCUT2D eigenvalue weighted by molar-refractivity contribution is 5.75. The largest absolute Gasteiger partial charge is 0.381 e. The van der Waals surface area contributed by atoms with Crippen molar-refractivity contribution in [2.75, 3.05) is 39.4 Å². The van der Waals surface area contributed by atoms with Crippen molar-refractivity contribution < 1.29 is 9.53 Å². The van der Waals surface area contributed by atoms with Crippen LogP contribution in [0.15, 0.2) is 0 Å². The molecule has 0 aliphatic carbocycles. The zero-order valence-electron chi connectivity index (χ0n) is 11.1. The number of hydrogen-bond donors (Lipinski definition) is 2. The van der Waals surface area contributed by atoms with Gasteiger partial charge in [-0.2, -0.15) is 0 Å². The van der Waals surface area contributed by atoms with Gasteiger partial charge in [0.05, 0.1) is 13.2 Å². The third-order valence-corrected chi connectivity index (χ3v) is 3.92. The van der Waals surface area contributed by atoms with E-state index in [1.165, 1.54) is 12.8 Å². The van der Waals surface area contributed by atoms with Crippen LogP contribution >= 0.6 is 0 Å². The lowest BCUT2D eigenvalue weighted by molar-refractivity contribution is -0.119. The molecule has 0 bridgehead atoms. The van der Waals surface area contributed by atoms with Crippen LogP contribution < -0.4 is 11.1 Å². The van der Waals surface area contributed by atoms with E-state index in [1.54, 1.807) is 0 Å². The number of nitrogens with two attached hydrogens (primary N) is 1. The number of carbonyl (C=O) groups is 1. The fourth-order valence-electron chi connectivity index (χ4n) is 2.82. The molecule has 0 aromatic heterocycles. The Bertz CT molecular complexity index is 259. The first-order valence-corrected chi connectivity index (χ1v) is 7.06. The zero-order valence-corrected chi connectivity index (χ0v) is 11.1. The number of nitrogens with one attached hydrogen (secondary N) is 1. The van der Waals surface area contributed by atoms with Gasteiger partial charge in [-0.25, -0.2) is 0 Å². The molecule has 2 fully saturated rings. The minimum Gasteiger partial charge on any atom is -0.381 e. The molecule has 2 aliphatic heterocycles. The Morgan fingerprint density at radius 1 is 1.33 bits per heavy atom. The normalized spacial score (nSPS) is 27.2. The summed E-state index contributed by atoms with van der Waals surface area (Å²) in [7, 11) is 0. The quantitative estimate of drug-likeness (QED) is 0.723. The number of nitrogens with zero attached hydrogens (tertiary/aromatic N) is 1. The maximum Gasteiger partial charge on any atom is 0.231 e. The maximum atomic E-state index is 10.8. The highest BCUT2D eigenvalue weighted by Crippen LogP contribution is 2.14. The monoisotopic (exact) mass is 255 g/mol. The fraction of sp³-hybridized carbons (Fsp3) is 0.923. The van der Waals surface area contributed by atoms with Gasteiger partial charge in [0.25, 0.3) is 0 Å². The van der Waals surface area contributed by atoms with Gasteiger partial charge in [0.1, 0.15) is 0 Å². The van der Waals surface area contributed by atoms with E-state index in [0.717, 1.165) is 45.7 Å². The predicted molar refractivity (Wildman–Crippen MR) is 70.2 cm³/mol. The number of primary amides is 1. The van der Waals surface area contributed by atoms with Crippen molar-refractivity contribution in [1.82, 2.24) is 10.2 Å². The van der Waals surface area contributed by atoms with Crippen LogP contribution in [0.25, 0.3) is 0 Å². The molecule has 2 rings (SSSR count). The van der Waals surface area contributed by atoms with Crippen molar-refractivity contribution in [2.24, 2.45) is 11.7 Å². The Morgan fingerprint density at radius 3 is 2.72 bits per heavy atom. The van der Waals surface area contributed by atoms with Crippen molar-refractivity contribution in [3.63, 3.8) is 0 Å². The van der Waals surface area contributed by atoms with Gasteiger partial charge in [-0.3, -0.25) is 9.69 Å². The molecule has 18 heavy (non-hydrogen) atoms. The second-order valence-electron chi connectivity index (χ2n) is 5.51. The second kappa shape index (κ2) is 7.07. The lowest BCUT2D eigenvalue weighted by atomic mass is 10.00. The van der Waals surface area contributed by atoms with Gasteiger partial charge in [0, 0.05) is 32.3 Å². The van der Waals surface area contributed by atoms with Crippen molar-refractivity contribution in [3.05, 3.63) is 0 Å². The highest BCUT2D eigenvalue weighted by atomic mass is 16.5. The van der Waals surface area contributed by atoms with Crippen LogP contribution in [0, 0.1) is 5.92 Å². The number of amides is 1. The molecule has 104 valence electrons. The summed E-state index contributed by atoms with van der Waals surface area (Å²) in [6.45, 7) is 5.27. The Morgan fingerprint density at radius 2 is 2.11 bits per heavy atom. The van der Waals surface area contributed by atoms with Gasteiger partial charge >= 0.3 is 0 Å². The molecule has 1 unspecified atom stereocenters. The van der Waals surface area contributed by atoms with Crippen molar-refractivity contribution in [2.45, 2.75) is 31.7 Å². The minimum absolute atomic E-state index is 0.222. The van der Waals surface area contributed by atoms with Gasteiger partial charge in [-0.15, -0.1) is 0 Å². The number of carbonyl (C=O) groups excluding carboxylic acids is 1. The zero-order chi connectivity index (χ0) is 12.8. The Hall–Kier alpha value is -0.650. The van der Waals surface area contributed by atoms with E-state index < -0.39 is 0 Å². The molecule has 5 nitrogen and oxygen atoms in total. The third kappa shape index (κ3) is 4.55. The van der Waals surface area contributed by atoms with Crippen molar-refractivity contribution in [3.8, 4) is 0 Å². The molecule has 1 amide bonds. The summed E-state index contributed by atoms with van der Waals surface area (Å²) in [6.07, 6.45) is 4.71. The average Bonchev–Trinajstić information content (AvgIpc) is 2.38. The van der Waals surface area contributed by atoms with Crippen LogP contribution in [0.4, 0.5) is 0 Å². The Balaban J connectivity index is 1.59. The smallest absolute Gasteiger partial charge is 0.231 e. The SMILES string of the molecule is NC(=O)CN1CCC(NCC2CCCOC2)CC1. The minimum atomic E-state index is -0.222. The average molecular weight is 255 g/mol. The number of rotatable bonds is 5. The Labute approximate surface area is 109 Å². The second-order valence-corrected chi connectivity index (χ2v) is 5.51. The van der Waals surface area contributed by atoms with Gasteiger partial charge in [0.2, 0.25) is 5.91 Å². The molecule has 1 atom stereocenters. The van der Waals surface area contributed by atoms with E-state index in [9.17, 15) is 4.79 Å². The standard InChI is InChI=1S/C13H25N3O2/c14-13(17)9-16-5-3-12(4-6-16)15-8-11-2-1-7-18-10-11/h11-12,15H,1-10H2,(H2,14,17). The molecular weight excluding hydrogens is 230 g/mol. The van der Waals surface area contributed by atoms with Crippen molar-refractivity contribution >= 4 is 5.91 Å². The number of ether oxygens (including phenoxy) is 1. The number of piperidine rings is 1. The molecule has 0 saturated carbocycles. The topological polar surface area (TPSA) is 67.6 Å². The lowest BCUT2D eigenvalue weighted by Gasteiger charge is -2.33. The summed E-state index contributed by atoms with van der Waals surface area (Å²) in [5.74, 6) is 0.461. The first-order valence-electron chi connectivity index (χ1n) is 7.06.